The fourth-order valence-electron chi connectivity index (χ4n) is 0.523. The van der Waals surface area contributed by atoms with E-state index < -0.39 is 5.97 Å². The number of pyridine rings is 1. The van der Waals surface area contributed by atoms with Crippen LogP contribution in [0.4, 0.5) is 0 Å². The minimum absolute atomic E-state index is 0.139. The van der Waals surface area contributed by atoms with Crippen molar-refractivity contribution in [3.8, 4) is 0 Å². The molecule has 0 saturated carbocycles. The predicted octanol–water partition coefficient (Wildman–Crippen LogP) is -1.38. The van der Waals surface area contributed by atoms with Gasteiger partial charge in [0, 0.05) is 0 Å². The summed E-state index contributed by atoms with van der Waals surface area (Å²) in [6.45, 7) is 0. The molecule has 10 heavy (non-hydrogen) atoms. The third-order valence-electron chi connectivity index (χ3n) is 0.941. The Balaban J connectivity index is 3.07. The number of aromatic nitrogens is 1. The summed E-state index contributed by atoms with van der Waals surface area (Å²) < 4.78 is 0.877. The van der Waals surface area contributed by atoms with Crippen LogP contribution in [0, 0.1) is 24.7 Å². The molecule has 1 aromatic heterocycles. The molecule has 3 nitrogen and oxygen atoms in total. The van der Waals surface area contributed by atoms with E-state index in [2.05, 4.69) is 4.98 Å². The number of carboxylic acids is 1. The van der Waals surface area contributed by atoms with Crippen molar-refractivity contribution in [1.82, 2.24) is 4.98 Å². The molecule has 0 radical (unpaired) electrons. The monoisotopic (exact) mass is 331 g/mol. The fraction of sp³-hybridized carbons (Fsp3) is 0. The van der Waals surface area contributed by atoms with Crippen molar-refractivity contribution >= 4 is 9.24 Å². The second kappa shape index (κ2) is 3.06. The molecule has 0 N–H and O–H groups in total. The number of rotatable bonds is 1. The van der Waals surface area contributed by atoms with E-state index in [4.69, 9.17) is 0 Å². The Hall–Kier alpha value is -0.497. The van der Waals surface area contributed by atoms with Crippen LogP contribution in [0.3, 0.4) is 0 Å². The normalized spacial score (nSPS) is 9.30. The van der Waals surface area contributed by atoms with E-state index in [1.54, 1.807) is 12.3 Å². The predicted molar refractivity (Wildman–Crippen MR) is 28.2 cm³/mol. The summed E-state index contributed by atoms with van der Waals surface area (Å²) in [5.74, 6) is -1.18. The quantitative estimate of drug-likeness (QED) is 0.638. The van der Waals surface area contributed by atoms with Crippen molar-refractivity contribution in [3.63, 3.8) is 0 Å². The van der Waals surface area contributed by atoms with E-state index in [0.717, 1.165) is 3.27 Å². The summed E-state index contributed by atoms with van der Waals surface area (Å²) in [7, 11) is 0. The third-order valence-corrected chi connectivity index (χ3v) is 1.74. The summed E-state index contributed by atoms with van der Waals surface area (Å²) in [6, 6.07) is 1.54. The Morgan fingerprint density at radius 2 is 2.30 bits per heavy atom. The Labute approximate surface area is 72.9 Å². The van der Waals surface area contributed by atoms with Gasteiger partial charge in [-0.3, -0.25) is 0 Å². The van der Waals surface area contributed by atoms with E-state index >= 15 is 0 Å². The van der Waals surface area contributed by atoms with Crippen LogP contribution in [0.2, 0.25) is 0 Å². The number of hydrogen-bond donors (Lipinski definition) is 0. The average Bonchev–Trinajstić information content (AvgIpc) is 1.88. The third kappa shape index (κ3) is 1.74. The maximum absolute atomic E-state index is 10.2. The second-order valence-electron chi connectivity index (χ2n) is 1.68. The van der Waals surface area contributed by atoms with Gasteiger partial charge in [0.15, 0.2) is 0 Å². The zero-order valence-electron chi connectivity index (χ0n) is 4.87. The molecule has 0 aliphatic rings. The van der Waals surface area contributed by atoms with Crippen molar-refractivity contribution in [3.05, 3.63) is 24.0 Å². The standard InChI is InChI=1S/C6H4AtNO2/c7-5-1-4(6(9)10)2-8-3-5/h1-3H,(H,9,10)/p-1. The molecule has 1 heterocycles. The summed E-state index contributed by atoms with van der Waals surface area (Å²) >= 11 is 1.39. The van der Waals surface area contributed by atoms with Crippen LogP contribution in [0.25, 0.3) is 0 Å². The number of carboxylic acid groups (broad SMARTS) is 1. The van der Waals surface area contributed by atoms with Gasteiger partial charge in [-0.1, -0.05) is 0 Å². The van der Waals surface area contributed by atoms with E-state index in [1.807, 2.05) is 0 Å². The zero-order chi connectivity index (χ0) is 7.56. The zero-order valence-corrected chi connectivity index (χ0v) is 7.81. The first-order valence-corrected chi connectivity index (χ1v) is 3.99. The van der Waals surface area contributed by atoms with Gasteiger partial charge in [0.1, 0.15) is 0 Å². The van der Waals surface area contributed by atoms with Crippen LogP contribution in [0.15, 0.2) is 18.5 Å². The number of carbonyl (C=O) groups excluding carboxylic acids is 1. The van der Waals surface area contributed by atoms with Crippen LogP contribution in [0.5, 0.6) is 0 Å². The van der Waals surface area contributed by atoms with Gasteiger partial charge in [-0.2, -0.15) is 0 Å². The van der Waals surface area contributed by atoms with Gasteiger partial charge in [0.2, 0.25) is 0 Å². The summed E-state index contributed by atoms with van der Waals surface area (Å²) in [4.78, 5) is 13.9. The van der Waals surface area contributed by atoms with Crippen LogP contribution < -0.4 is 8.38 Å². The fourth-order valence-corrected chi connectivity index (χ4v) is 1.20. The van der Waals surface area contributed by atoms with Gasteiger partial charge in [-0.25, -0.2) is 0 Å². The van der Waals surface area contributed by atoms with Crippen molar-refractivity contribution in [2.75, 3.05) is 0 Å². The van der Waals surface area contributed by atoms with Gasteiger partial charge < -0.3 is 0 Å². The number of hydrogen-bond acceptors (Lipinski definition) is 3. The molecule has 0 fully saturated rings. The molecule has 0 bridgehead atoms. The van der Waals surface area contributed by atoms with E-state index in [0.29, 0.717) is 0 Å². The van der Waals surface area contributed by atoms with Gasteiger partial charge >= 0.3 is 72.9 Å². The molecule has 0 atom stereocenters. The molecule has 0 amide bonds. The summed E-state index contributed by atoms with van der Waals surface area (Å²) in [5, 5.41) is 10.2. The number of carbonyl (C=O) groups is 1. The molecule has 1 aromatic rings. The van der Waals surface area contributed by atoms with E-state index in [1.165, 1.54) is 30.9 Å². The van der Waals surface area contributed by atoms with Crippen LogP contribution in [-0.4, -0.2) is 11.0 Å². The van der Waals surface area contributed by atoms with Gasteiger partial charge in [0.25, 0.3) is 0 Å². The molecule has 0 aliphatic heterocycles. The van der Waals surface area contributed by atoms with Crippen LogP contribution in [0.1, 0.15) is 10.4 Å². The van der Waals surface area contributed by atoms with Gasteiger partial charge in [0.05, 0.1) is 0 Å². The van der Waals surface area contributed by atoms with Crippen molar-refractivity contribution in [1.29, 1.82) is 0 Å². The Morgan fingerprint density at radius 3 is 2.70 bits per heavy atom. The van der Waals surface area contributed by atoms with Crippen molar-refractivity contribution in [2.24, 2.45) is 0 Å². The van der Waals surface area contributed by atoms with E-state index in [-0.39, 0.29) is 5.56 Å². The molecule has 0 spiro atoms. The molecule has 1 rings (SSSR count). The first-order chi connectivity index (χ1) is 4.70. The van der Waals surface area contributed by atoms with Crippen molar-refractivity contribution in [2.45, 2.75) is 0 Å². The Kier molecular flexibility index (Phi) is 2.33. The van der Waals surface area contributed by atoms with Gasteiger partial charge in [-0.05, 0) is 0 Å². The molecule has 4 heteroatoms. The topological polar surface area (TPSA) is 53.0 Å². The molecule has 0 aromatic carbocycles. The molecular weight excluding hydrogens is 328 g/mol. The summed E-state index contributed by atoms with van der Waals surface area (Å²) in [5.41, 5.74) is 0.139. The second-order valence-corrected chi connectivity index (χ2v) is 3.38. The molecular formula is C6H3AtNO2-. The van der Waals surface area contributed by atoms with Gasteiger partial charge in [-0.15, -0.1) is 0 Å². The first-order valence-electron chi connectivity index (χ1n) is 2.52. The SMILES string of the molecule is O=C([O-])c1cncc([At])c1. The van der Waals surface area contributed by atoms with Crippen LogP contribution in [-0.2, 0) is 0 Å². The molecule has 52 valence electrons. The maximum atomic E-state index is 10.2. The molecule has 0 saturated heterocycles. The first kappa shape index (κ1) is 7.61. The number of nitrogens with zero attached hydrogens (tertiary/aromatic N) is 1. The molecule has 0 aliphatic carbocycles. The number of aromatic carboxylic acids is 1. The Morgan fingerprint density at radius 1 is 1.60 bits per heavy atom. The van der Waals surface area contributed by atoms with Crippen LogP contribution >= 0.6 is 0 Å². The summed E-state index contributed by atoms with van der Waals surface area (Å²) in [6.07, 6.45) is 2.89. The molecule has 0 unspecified atom stereocenters. The minimum atomic E-state index is -1.18. The van der Waals surface area contributed by atoms with E-state index in [9.17, 15) is 9.90 Å². The average molecular weight is 331 g/mol. The van der Waals surface area contributed by atoms with Crippen molar-refractivity contribution < 1.29 is 34.6 Å². The Bertz CT molecular complexity index is 262.